The third-order valence-electron chi connectivity index (χ3n) is 3.83. The van der Waals surface area contributed by atoms with Crippen LogP contribution in [0.5, 0.6) is 0 Å². The van der Waals surface area contributed by atoms with E-state index in [0.717, 1.165) is 30.6 Å². The summed E-state index contributed by atoms with van der Waals surface area (Å²) in [6.45, 7) is 4.38. The number of thiophene rings is 1. The van der Waals surface area contributed by atoms with Crippen molar-refractivity contribution < 1.29 is 13.2 Å². The van der Waals surface area contributed by atoms with E-state index in [9.17, 15) is 13.2 Å². The second-order valence-electron chi connectivity index (χ2n) is 5.14. The zero-order chi connectivity index (χ0) is 14.3. The van der Waals surface area contributed by atoms with Crippen molar-refractivity contribution in [3.05, 3.63) is 16.5 Å². The molecule has 7 heteroatoms. The van der Waals surface area contributed by atoms with Crippen LogP contribution in [0, 0.1) is 12.3 Å². The number of amides is 1. The highest BCUT2D eigenvalue weighted by atomic mass is 32.2. The number of primary sulfonamides is 1. The van der Waals surface area contributed by atoms with Crippen LogP contribution in [0.2, 0.25) is 0 Å². The summed E-state index contributed by atoms with van der Waals surface area (Å²) in [6.07, 6.45) is 3.35. The summed E-state index contributed by atoms with van der Waals surface area (Å²) in [5, 5.41) is 9.54. The fourth-order valence-corrected chi connectivity index (χ4v) is 4.11. The molecular weight excluding hydrogens is 284 g/mol. The minimum Gasteiger partial charge on any atom is -0.351 e. The summed E-state index contributed by atoms with van der Waals surface area (Å²) in [5.41, 5.74) is 1.11. The highest BCUT2D eigenvalue weighted by Crippen LogP contribution is 2.47. The second kappa shape index (κ2) is 4.88. The molecule has 1 aromatic heterocycles. The quantitative estimate of drug-likeness (QED) is 0.866. The third kappa shape index (κ3) is 2.98. The number of carbonyl (C=O) groups is 1. The molecule has 2 rings (SSSR count). The van der Waals surface area contributed by atoms with Gasteiger partial charge in [-0.1, -0.05) is 6.92 Å². The molecule has 1 aromatic rings. The zero-order valence-electron chi connectivity index (χ0n) is 11.0. The Balaban J connectivity index is 2.10. The van der Waals surface area contributed by atoms with Gasteiger partial charge in [-0.2, -0.15) is 0 Å². The Kier molecular flexibility index (Phi) is 3.72. The lowest BCUT2D eigenvalue weighted by molar-refractivity contribution is 0.0944. The van der Waals surface area contributed by atoms with Crippen molar-refractivity contribution in [2.75, 3.05) is 6.54 Å². The van der Waals surface area contributed by atoms with Gasteiger partial charge in [0.1, 0.15) is 4.21 Å². The first kappa shape index (κ1) is 14.5. The Labute approximate surface area is 117 Å². The molecule has 3 N–H and O–H groups in total. The van der Waals surface area contributed by atoms with Crippen LogP contribution in [0.4, 0.5) is 0 Å². The van der Waals surface area contributed by atoms with Gasteiger partial charge in [-0.15, -0.1) is 11.3 Å². The Morgan fingerprint density at radius 1 is 1.53 bits per heavy atom. The standard InChI is InChI=1S/C12H18N2O3S2/c1-3-12(4-5-12)7-14-10(15)9-6-18-11(8(9)2)19(13,16)17/h6H,3-5,7H2,1-2H3,(H,14,15)(H2,13,16,17). The van der Waals surface area contributed by atoms with Crippen molar-refractivity contribution in [1.82, 2.24) is 5.32 Å². The molecule has 19 heavy (non-hydrogen) atoms. The van der Waals surface area contributed by atoms with Crippen LogP contribution in [-0.4, -0.2) is 20.9 Å². The number of sulfonamides is 1. The van der Waals surface area contributed by atoms with E-state index < -0.39 is 10.0 Å². The normalized spacial score (nSPS) is 17.2. The van der Waals surface area contributed by atoms with Crippen LogP contribution in [0.3, 0.4) is 0 Å². The Morgan fingerprint density at radius 2 is 2.16 bits per heavy atom. The lowest BCUT2D eigenvalue weighted by Crippen LogP contribution is -2.30. The number of rotatable bonds is 5. The highest BCUT2D eigenvalue weighted by molar-refractivity contribution is 7.91. The molecule has 0 saturated heterocycles. The van der Waals surface area contributed by atoms with Crippen molar-refractivity contribution in [2.45, 2.75) is 37.3 Å². The maximum atomic E-state index is 12.1. The number of nitrogens with two attached hydrogens (primary N) is 1. The van der Waals surface area contributed by atoms with Crippen LogP contribution in [0.15, 0.2) is 9.59 Å². The molecule has 5 nitrogen and oxygen atoms in total. The third-order valence-corrected chi connectivity index (χ3v) is 6.51. The minimum atomic E-state index is -3.74. The van der Waals surface area contributed by atoms with E-state index in [-0.39, 0.29) is 15.5 Å². The van der Waals surface area contributed by atoms with E-state index >= 15 is 0 Å². The molecule has 1 fully saturated rings. The minimum absolute atomic E-state index is 0.0641. The first-order chi connectivity index (χ1) is 8.79. The largest absolute Gasteiger partial charge is 0.351 e. The van der Waals surface area contributed by atoms with Crippen molar-refractivity contribution in [1.29, 1.82) is 0 Å². The summed E-state index contributed by atoms with van der Waals surface area (Å²) in [5.74, 6) is -0.219. The summed E-state index contributed by atoms with van der Waals surface area (Å²) in [7, 11) is -3.74. The maximum Gasteiger partial charge on any atom is 0.252 e. The molecular formula is C12H18N2O3S2. The molecule has 1 saturated carbocycles. The fraction of sp³-hybridized carbons (Fsp3) is 0.583. The van der Waals surface area contributed by atoms with Crippen molar-refractivity contribution >= 4 is 27.3 Å². The van der Waals surface area contributed by atoms with Crippen LogP contribution in [0.1, 0.15) is 42.1 Å². The molecule has 0 atom stereocenters. The lowest BCUT2D eigenvalue weighted by Gasteiger charge is -2.13. The molecule has 0 spiro atoms. The van der Waals surface area contributed by atoms with Gasteiger partial charge in [0, 0.05) is 11.9 Å². The molecule has 0 aliphatic heterocycles. The van der Waals surface area contributed by atoms with Gasteiger partial charge in [0.05, 0.1) is 5.56 Å². The Hall–Kier alpha value is -0.920. The zero-order valence-corrected chi connectivity index (χ0v) is 12.7. The van der Waals surface area contributed by atoms with Crippen molar-refractivity contribution in [3.63, 3.8) is 0 Å². The molecule has 0 bridgehead atoms. The van der Waals surface area contributed by atoms with Crippen molar-refractivity contribution in [2.24, 2.45) is 10.6 Å². The molecule has 0 unspecified atom stereocenters. The Morgan fingerprint density at radius 3 is 2.58 bits per heavy atom. The van der Waals surface area contributed by atoms with Gasteiger partial charge in [-0.25, -0.2) is 13.6 Å². The average Bonchev–Trinajstić information content (AvgIpc) is 3.00. The van der Waals surface area contributed by atoms with Crippen LogP contribution in [-0.2, 0) is 10.0 Å². The second-order valence-corrected chi connectivity index (χ2v) is 7.78. The molecule has 0 radical (unpaired) electrons. The summed E-state index contributed by atoms with van der Waals surface area (Å²) >= 11 is 0.992. The van der Waals surface area contributed by atoms with Gasteiger partial charge < -0.3 is 5.32 Å². The number of hydrogen-bond donors (Lipinski definition) is 2. The SMILES string of the molecule is CCC1(CNC(=O)c2csc(S(N)(=O)=O)c2C)CC1. The summed E-state index contributed by atoms with van der Waals surface area (Å²) in [6, 6.07) is 0. The van der Waals surface area contributed by atoms with Crippen molar-refractivity contribution in [3.8, 4) is 0 Å². The van der Waals surface area contributed by atoms with E-state index in [1.54, 1.807) is 12.3 Å². The van der Waals surface area contributed by atoms with Gasteiger partial charge in [0.2, 0.25) is 10.0 Å². The van der Waals surface area contributed by atoms with E-state index in [1.807, 2.05) is 0 Å². The lowest BCUT2D eigenvalue weighted by atomic mass is 10.0. The predicted molar refractivity (Wildman–Crippen MR) is 74.7 cm³/mol. The van der Waals surface area contributed by atoms with Gasteiger partial charge >= 0.3 is 0 Å². The predicted octanol–water partition coefficient (Wildman–Crippen LogP) is 1.62. The molecule has 1 heterocycles. The number of nitrogens with one attached hydrogen (secondary N) is 1. The first-order valence-electron chi connectivity index (χ1n) is 6.18. The van der Waals surface area contributed by atoms with E-state index in [1.165, 1.54) is 0 Å². The monoisotopic (exact) mass is 302 g/mol. The highest BCUT2D eigenvalue weighted by Gasteiger charge is 2.40. The van der Waals surface area contributed by atoms with E-state index in [4.69, 9.17) is 5.14 Å². The first-order valence-corrected chi connectivity index (χ1v) is 8.61. The maximum absolute atomic E-state index is 12.1. The molecule has 106 valence electrons. The van der Waals surface area contributed by atoms with Gasteiger partial charge in [0.25, 0.3) is 5.91 Å². The van der Waals surface area contributed by atoms with Gasteiger partial charge in [-0.3, -0.25) is 4.79 Å². The van der Waals surface area contributed by atoms with Gasteiger partial charge in [-0.05, 0) is 37.2 Å². The fourth-order valence-electron chi connectivity index (χ4n) is 2.10. The molecule has 1 aliphatic carbocycles. The van der Waals surface area contributed by atoms with Gasteiger partial charge in [0.15, 0.2) is 0 Å². The molecule has 1 amide bonds. The van der Waals surface area contributed by atoms with Crippen LogP contribution in [0.25, 0.3) is 0 Å². The smallest absolute Gasteiger partial charge is 0.252 e. The molecule has 1 aliphatic rings. The number of hydrogen-bond acceptors (Lipinski definition) is 4. The number of carbonyl (C=O) groups excluding carboxylic acids is 1. The van der Waals surface area contributed by atoms with Crippen LogP contribution < -0.4 is 10.5 Å². The summed E-state index contributed by atoms with van der Waals surface area (Å²) < 4.78 is 22.7. The molecule has 0 aromatic carbocycles. The average molecular weight is 302 g/mol. The topological polar surface area (TPSA) is 89.3 Å². The van der Waals surface area contributed by atoms with E-state index in [2.05, 4.69) is 12.2 Å². The Bertz CT molecular complexity index is 600. The summed E-state index contributed by atoms with van der Waals surface area (Å²) in [4.78, 5) is 12.1. The van der Waals surface area contributed by atoms with Crippen LogP contribution >= 0.6 is 11.3 Å². The van der Waals surface area contributed by atoms with E-state index in [0.29, 0.717) is 17.7 Å².